The second-order valence-corrected chi connectivity index (χ2v) is 6.44. The SMILES string of the molecule is COc1ccccc1NC(=O)Cn1c(SC)nc(-c2ccccc2)cc1=O. The van der Waals surface area contributed by atoms with E-state index < -0.39 is 0 Å². The lowest BCUT2D eigenvalue weighted by Gasteiger charge is -2.13. The zero-order chi connectivity index (χ0) is 19.2. The van der Waals surface area contributed by atoms with E-state index in [0.29, 0.717) is 22.3 Å². The first-order chi connectivity index (χ1) is 13.1. The van der Waals surface area contributed by atoms with Gasteiger partial charge in [0, 0.05) is 11.6 Å². The highest BCUT2D eigenvalue weighted by Crippen LogP contribution is 2.23. The molecule has 1 aromatic heterocycles. The van der Waals surface area contributed by atoms with Crippen LogP contribution in [0.15, 0.2) is 70.6 Å². The molecule has 0 unspecified atom stereocenters. The topological polar surface area (TPSA) is 73.2 Å². The maximum atomic E-state index is 12.6. The smallest absolute Gasteiger partial charge is 0.255 e. The molecule has 3 aromatic rings. The van der Waals surface area contributed by atoms with Gasteiger partial charge in [-0.3, -0.25) is 14.2 Å². The second-order valence-electron chi connectivity index (χ2n) is 5.67. The Labute approximate surface area is 161 Å². The first kappa shape index (κ1) is 18.7. The summed E-state index contributed by atoms with van der Waals surface area (Å²) >= 11 is 1.32. The van der Waals surface area contributed by atoms with Gasteiger partial charge in [0.2, 0.25) is 5.91 Å². The Morgan fingerprint density at radius 2 is 1.85 bits per heavy atom. The molecular weight excluding hydrogens is 362 g/mol. The van der Waals surface area contributed by atoms with Crippen LogP contribution >= 0.6 is 11.8 Å². The molecule has 2 aromatic carbocycles. The van der Waals surface area contributed by atoms with Gasteiger partial charge in [-0.1, -0.05) is 54.2 Å². The molecule has 0 spiro atoms. The number of carbonyl (C=O) groups excluding carboxylic acids is 1. The van der Waals surface area contributed by atoms with Gasteiger partial charge in [0.15, 0.2) is 5.16 Å². The molecule has 0 saturated carbocycles. The zero-order valence-electron chi connectivity index (χ0n) is 15.0. The van der Waals surface area contributed by atoms with Crippen LogP contribution < -0.4 is 15.6 Å². The normalized spacial score (nSPS) is 10.4. The average Bonchev–Trinajstić information content (AvgIpc) is 2.70. The van der Waals surface area contributed by atoms with E-state index in [1.807, 2.05) is 42.7 Å². The van der Waals surface area contributed by atoms with Crippen molar-refractivity contribution in [3.8, 4) is 17.0 Å². The van der Waals surface area contributed by atoms with Gasteiger partial charge in [-0.2, -0.15) is 0 Å². The summed E-state index contributed by atoms with van der Waals surface area (Å²) in [4.78, 5) is 29.6. The summed E-state index contributed by atoms with van der Waals surface area (Å²) < 4.78 is 6.59. The number of aromatic nitrogens is 2. The van der Waals surface area contributed by atoms with Gasteiger partial charge in [-0.25, -0.2) is 4.98 Å². The molecule has 0 radical (unpaired) electrons. The van der Waals surface area contributed by atoms with Gasteiger partial charge in [-0.05, 0) is 18.4 Å². The lowest BCUT2D eigenvalue weighted by molar-refractivity contribution is -0.116. The third kappa shape index (κ3) is 4.38. The Balaban J connectivity index is 1.86. The monoisotopic (exact) mass is 381 g/mol. The van der Waals surface area contributed by atoms with Crippen molar-refractivity contribution in [2.45, 2.75) is 11.7 Å². The van der Waals surface area contributed by atoms with Crippen molar-refractivity contribution in [2.24, 2.45) is 0 Å². The highest BCUT2D eigenvalue weighted by atomic mass is 32.2. The van der Waals surface area contributed by atoms with Gasteiger partial charge < -0.3 is 10.1 Å². The highest BCUT2D eigenvalue weighted by molar-refractivity contribution is 7.98. The van der Waals surface area contributed by atoms with Crippen molar-refractivity contribution < 1.29 is 9.53 Å². The van der Waals surface area contributed by atoms with Crippen molar-refractivity contribution in [1.29, 1.82) is 0 Å². The number of thioether (sulfide) groups is 1. The fourth-order valence-electron chi connectivity index (χ4n) is 2.62. The second kappa shape index (κ2) is 8.55. The highest BCUT2D eigenvalue weighted by Gasteiger charge is 2.14. The number of hydrogen-bond donors (Lipinski definition) is 1. The number of amides is 1. The van der Waals surface area contributed by atoms with Crippen LogP contribution in [0, 0.1) is 0 Å². The minimum Gasteiger partial charge on any atom is -0.495 e. The first-order valence-corrected chi connectivity index (χ1v) is 9.49. The number of nitrogens with one attached hydrogen (secondary N) is 1. The first-order valence-electron chi connectivity index (χ1n) is 8.26. The Morgan fingerprint density at radius 1 is 1.15 bits per heavy atom. The van der Waals surface area contributed by atoms with E-state index in [2.05, 4.69) is 10.3 Å². The molecule has 7 heteroatoms. The minimum absolute atomic E-state index is 0.130. The molecule has 27 heavy (non-hydrogen) atoms. The van der Waals surface area contributed by atoms with Crippen LogP contribution in [0.1, 0.15) is 0 Å². The van der Waals surface area contributed by atoms with Gasteiger partial charge >= 0.3 is 0 Å². The molecule has 3 rings (SSSR count). The van der Waals surface area contributed by atoms with Crippen molar-refractivity contribution in [3.63, 3.8) is 0 Å². The van der Waals surface area contributed by atoms with E-state index in [1.54, 1.807) is 18.2 Å². The van der Waals surface area contributed by atoms with Crippen LogP contribution in [-0.4, -0.2) is 28.8 Å². The number of methoxy groups -OCH3 is 1. The molecule has 0 aliphatic rings. The third-order valence-electron chi connectivity index (χ3n) is 3.91. The molecule has 1 N–H and O–H groups in total. The van der Waals surface area contributed by atoms with E-state index in [1.165, 1.54) is 29.5 Å². The summed E-state index contributed by atoms with van der Waals surface area (Å²) in [5, 5.41) is 3.26. The predicted molar refractivity (Wildman–Crippen MR) is 107 cm³/mol. The van der Waals surface area contributed by atoms with Gasteiger partial charge in [-0.15, -0.1) is 0 Å². The zero-order valence-corrected chi connectivity index (χ0v) is 15.8. The van der Waals surface area contributed by atoms with Crippen molar-refractivity contribution in [2.75, 3.05) is 18.7 Å². The number of para-hydroxylation sites is 2. The van der Waals surface area contributed by atoms with E-state index >= 15 is 0 Å². The van der Waals surface area contributed by atoms with Crippen LogP contribution in [0.4, 0.5) is 5.69 Å². The fraction of sp³-hybridized carbons (Fsp3) is 0.150. The van der Waals surface area contributed by atoms with Gasteiger partial charge in [0.1, 0.15) is 12.3 Å². The molecule has 0 bridgehead atoms. The van der Waals surface area contributed by atoms with Crippen LogP contribution in [0.25, 0.3) is 11.3 Å². The summed E-state index contributed by atoms with van der Waals surface area (Å²) in [6, 6.07) is 18.0. The Kier molecular flexibility index (Phi) is 5.93. The quantitative estimate of drug-likeness (QED) is 0.524. The maximum Gasteiger partial charge on any atom is 0.255 e. The van der Waals surface area contributed by atoms with Crippen molar-refractivity contribution >= 4 is 23.4 Å². The van der Waals surface area contributed by atoms with Crippen LogP contribution in [0.2, 0.25) is 0 Å². The van der Waals surface area contributed by atoms with E-state index in [4.69, 9.17) is 4.74 Å². The summed E-state index contributed by atoms with van der Waals surface area (Å²) in [5.74, 6) is 0.229. The molecule has 0 saturated heterocycles. The molecule has 0 aliphatic heterocycles. The average molecular weight is 381 g/mol. The molecule has 6 nitrogen and oxygen atoms in total. The number of rotatable bonds is 6. The molecule has 0 fully saturated rings. The predicted octanol–water partition coefficient (Wildman–Crippen LogP) is 3.28. The Hall–Kier alpha value is -3.06. The molecule has 1 heterocycles. The Bertz CT molecular complexity index is 1000. The number of anilines is 1. The standard InChI is InChI=1S/C20H19N3O3S/c1-26-17-11-7-6-10-15(17)21-18(24)13-23-19(25)12-16(22-20(23)27-2)14-8-4-3-5-9-14/h3-12H,13H2,1-2H3,(H,21,24). The third-order valence-corrected chi connectivity index (χ3v) is 4.58. The number of benzene rings is 2. The number of carbonyl (C=O) groups is 1. The number of ether oxygens (including phenoxy) is 1. The fourth-order valence-corrected chi connectivity index (χ4v) is 3.19. The number of hydrogen-bond acceptors (Lipinski definition) is 5. The summed E-state index contributed by atoms with van der Waals surface area (Å²) in [6.07, 6.45) is 1.82. The summed E-state index contributed by atoms with van der Waals surface area (Å²) in [6.45, 7) is -0.130. The number of nitrogens with zero attached hydrogens (tertiary/aromatic N) is 2. The van der Waals surface area contributed by atoms with Gasteiger partial charge in [0.25, 0.3) is 5.56 Å². The molecule has 1 amide bonds. The van der Waals surface area contributed by atoms with Crippen LogP contribution in [0.3, 0.4) is 0 Å². The molecular formula is C20H19N3O3S. The lowest BCUT2D eigenvalue weighted by Crippen LogP contribution is -2.29. The molecule has 138 valence electrons. The molecule has 0 aliphatic carbocycles. The minimum atomic E-state index is -0.328. The summed E-state index contributed by atoms with van der Waals surface area (Å²) in [5.41, 5.74) is 1.72. The van der Waals surface area contributed by atoms with E-state index in [-0.39, 0.29) is 18.0 Å². The Morgan fingerprint density at radius 3 is 2.56 bits per heavy atom. The largest absolute Gasteiger partial charge is 0.495 e. The van der Waals surface area contributed by atoms with Crippen molar-refractivity contribution in [3.05, 3.63) is 71.0 Å². The molecule has 0 atom stereocenters. The van der Waals surface area contributed by atoms with Crippen LogP contribution in [-0.2, 0) is 11.3 Å². The van der Waals surface area contributed by atoms with E-state index in [9.17, 15) is 9.59 Å². The maximum absolute atomic E-state index is 12.6. The lowest BCUT2D eigenvalue weighted by atomic mass is 10.1. The van der Waals surface area contributed by atoms with Crippen molar-refractivity contribution in [1.82, 2.24) is 9.55 Å². The van der Waals surface area contributed by atoms with Crippen LogP contribution in [0.5, 0.6) is 5.75 Å². The van der Waals surface area contributed by atoms with Gasteiger partial charge in [0.05, 0.1) is 18.5 Å². The van der Waals surface area contributed by atoms with E-state index in [0.717, 1.165) is 5.56 Å². The summed E-state index contributed by atoms with van der Waals surface area (Å²) in [7, 11) is 1.54.